The van der Waals surface area contributed by atoms with Crippen LogP contribution in [0.3, 0.4) is 0 Å². The molecule has 1 aromatic carbocycles. The lowest BCUT2D eigenvalue weighted by Crippen LogP contribution is -2.46. The van der Waals surface area contributed by atoms with Crippen LogP contribution in [0, 0.1) is 0 Å². The topological polar surface area (TPSA) is 63.2 Å². The van der Waals surface area contributed by atoms with Crippen molar-refractivity contribution in [3.8, 4) is 0 Å². The second kappa shape index (κ2) is 5.92. The number of hydrogen-bond acceptors (Lipinski definition) is 4. The molecule has 3 rings (SSSR count). The van der Waals surface area contributed by atoms with E-state index in [9.17, 15) is 13.2 Å². The highest BCUT2D eigenvalue weighted by molar-refractivity contribution is 7.91. The molecule has 7 heteroatoms. The van der Waals surface area contributed by atoms with E-state index in [2.05, 4.69) is 5.32 Å². The molecule has 1 fully saturated rings. The zero-order valence-electron chi connectivity index (χ0n) is 12.5. The molecule has 1 saturated heterocycles. The molecule has 2 aromatic rings. The second-order valence-electron chi connectivity index (χ2n) is 6.00. The molecule has 23 heavy (non-hydrogen) atoms. The van der Waals surface area contributed by atoms with Crippen LogP contribution in [-0.2, 0) is 14.6 Å². The lowest BCUT2D eigenvalue weighted by atomic mass is 10.0. The van der Waals surface area contributed by atoms with Crippen LogP contribution >= 0.6 is 22.9 Å². The van der Waals surface area contributed by atoms with Crippen LogP contribution in [0.4, 0.5) is 0 Å². The van der Waals surface area contributed by atoms with Crippen LogP contribution in [-0.4, -0.2) is 31.4 Å². The Kier molecular flexibility index (Phi) is 4.25. The quantitative estimate of drug-likeness (QED) is 0.844. The van der Waals surface area contributed by atoms with Gasteiger partial charge < -0.3 is 5.32 Å². The maximum Gasteiger partial charge on any atom is 0.244 e. The number of carbonyl (C=O) groups excluding carboxylic acids is 1. The number of halogens is 1. The summed E-state index contributed by atoms with van der Waals surface area (Å²) in [5.41, 5.74) is -0.690. The molecular formula is C16H16ClNO3S2. The number of hydrogen-bond donors (Lipinski definition) is 1. The molecule has 1 atom stereocenters. The van der Waals surface area contributed by atoms with Crippen LogP contribution in [0.5, 0.6) is 0 Å². The van der Waals surface area contributed by atoms with E-state index in [1.807, 2.05) is 24.3 Å². The Morgan fingerprint density at radius 3 is 2.78 bits per heavy atom. The molecule has 0 bridgehead atoms. The Hall–Kier alpha value is -1.37. The summed E-state index contributed by atoms with van der Waals surface area (Å²) in [6.07, 6.45) is 3.53. The molecule has 0 saturated carbocycles. The van der Waals surface area contributed by atoms with E-state index in [4.69, 9.17) is 11.6 Å². The van der Waals surface area contributed by atoms with E-state index in [-0.39, 0.29) is 17.4 Å². The van der Waals surface area contributed by atoms with Crippen molar-refractivity contribution in [3.05, 3.63) is 40.2 Å². The first-order valence-electron chi connectivity index (χ1n) is 7.16. The van der Waals surface area contributed by atoms with Crippen LogP contribution in [0.2, 0.25) is 5.02 Å². The highest BCUT2D eigenvalue weighted by Gasteiger charge is 2.39. The van der Waals surface area contributed by atoms with Crippen molar-refractivity contribution in [1.82, 2.24) is 5.32 Å². The van der Waals surface area contributed by atoms with Gasteiger partial charge in [-0.15, -0.1) is 11.3 Å². The van der Waals surface area contributed by atoms with Crippen molar-refractivity contribution in [2.45, 2.75) is 18.9 Å². The molecule has 1 aromatic heterocycles. The van der Waals surface area contributed by atoms with Gasteiger partial charge in [0.25, 0.3) is 0 Å². The number of fused-ring (bicyclic) bond motifs is 1. The lowest BCUT2D eigenvalue weighted by Gasteiger charge is -2.22. The molecule has 1 N–H and O–H groups in total. The number of rotatable bonds is 3. The molecule has 2 heterocycles. The molecule has 4 nitrogen and oxygen atoms in total. The molecule has 1 amide bonds. The molecule has 0 radical (unpaired) electrons. The first-order chi connectivity index (χ1) is 10.8. The fraction of sp³-hybridized carbons (Fsp3) is 0.312. The third-order valence-electron chi connectivity index (χ3n) is 3.87. The zero-order chi connectivity index (χ0) is 16.7. The Morgan fingerprint density at radius 1 is 1.39 bits per heavy atom. The Bertz CT molecular complexity index is 901. The van der Waals surface area contributed by atoms with Gasteiger partial charge in [0.15, 0.2) is 9.84 Å². The van der Waals surface area contributed by atoms with Gasteiger partial charge in [-0.3, -0.25) is 4.79 Å². The summed E-state index contributed by atoms with van der Waals surface area (Å²) in [5.74, 6) is -0.197. The Labute approximate surface area is 144 Å². The summed E-state index contributed by atoms with van der Waals surface area (Å²) in [6.45, 7) is 1.76. The van der Waals surface area contributed by atoms with Gasteiger partial charge in [0.05, 0.1) is 22.1 Å². The van der Waals surface area contributed by atoms with Gasteiger partial charge in [0, 0.05) is 21.0 Å². The highest BCUT2D eigenvalue weighted by atomic mass is 35.5. The first kappa shape index (κ1) is 16.5. The van der Waals surface area contributed by atoms with E-state index >= 15 is 0 Å². The molecule has 1 aliphatic rings. The standard InChI is InChI=1S/C16H16ClNO3S2/c1-16(8-9-23(20,21)10-16)18-14(19)7-6-13-15(17)11-4-2-3-5-12(11)22-13/h2-7H,8-10H2,1H3,(H,18,19)/b7-6+/t16-/m0/s1. The normalized spacial score (nSPS) is 23.6. The van der Waals surface area contributed by atoms with Crippen LogP contribution in [0.25, 0.3) is 16.2 Å². The van der Waals surface area contributed by atoms with Crippen molar-refractivity contribution in [2.75, 3.05) is 11.5 Å². The van der Waals surface area contributed by atoms with E-state index in [1.54, 1.807) is 13.0 Å². The minimum Gasteiger partial charge on any atom is -0.346 e. The number of carbonyl (C=O) groups is 1. The summed E-state index contributed by atoms with van der Waals surface area (Å²) < 4.78 is 24.2. The smallest absolute Gasteiger partial charge is 0.244 e. The number of amides is 1. The average Bonchev–Trinajstić information content (AvgIpc) is 2.94. The van der Waals surface area contributed by atoms with Gasteiger partial charge in [0.2, 0.25) is 5.91 Å². The predicted molar refractivity (Wildman–Crippen MR) is 95.7 cm³/mol. The summed E-state index contributed by atoms with van der Waals surface area (Å²) in [6, 6.07) is 7.78. The van der Waals surface area contributed by atoms with Crippen LogP contribution < -0.4 is 5.32 Å². The van der Waals surface area contributed by atoms with E-state index < -0.39 is 15.4 Å². The third-order valence-corrected chi connectivity index (χ3v) is 7.43. The summed E-state index contributed by atoms with van der Waals surface area (Å²) in [7, 11) is -3.05. The monoisotopic (exact) mass is 369 g/mol. The van der Waals surface area contributed by atoms with Gasteiger partial charge in [0.1, 0.15) is 0 Å². The zero-order valence-corrected chi connectivity index (χ0v) is 14.9. The van der Waals surface area contributed by atoms with Gasteiger partial charge in [-0.25, -0.2) is 8.42 Å². The largest absolute Gasteiger partial charge is 0.346 e. The molecule has 1 aliphatic heterocycles. The maximum absolute atomic E-state index is 12.1. The van der Waals surface area contributed by atoms with Crippen molar-refractivity contribution in [1.29, 1.82) is 0 Å². The number of benzene rings is 1. The fourth-order valence-electron chi connectivity index (χ4n) is 2.74. The molecular weight excluding hydrogens is 354 g/mol. The fourth-order valence-corrected chi connectivity index (χ4v) is 6.23. The minimum atomic E-state index is -3.05. The number of sulfone groups is 1. The molecule has 0 unspecified atom stereocenters. The van der Waals surface area contributed by atoms with Gasteiger partial charge in [-0.2, -0.15) is 0 Å². The van der Waals surface area contributed by atoms with Crippen molar-refractivity contribution < 1.29 is 13.2 Å². The maximum atomic E-state index is 12.1. The van der Waals surface area contributed by atoms with Crippen molar-refractivity contribution in [2.24, 2.45) is 0 Å². The van der Waals surface area contributed by atoms with Gasteiger partial charge in [-0.05, 0) is 25.5 Å². The highest BCUT2D eigenvalue weighted by Crippen LogP contribution is 2.35. The van der Waals surface area contributed by atoms with E-state index in [0.29, 0.717) is 11.4 Å². The lowest BCUT2D eigenvalue weighted by molar-refractivity contribution is -0.117. The summed E-state index contributed by atoms with van der Waals surface area (Å²) in [5, 5.41) is 4.39. The number of nitrogens with one attached hydrogen (secondary N) is 1. The number of thiophene rings is 1. The third kappa shape index (κ3) is 3.59. The average molecular weight is 370 g/mol. The predicted octanol–water partition coefficient (Wildman–Crippen LogP) is 3.26. The summed E-state index contributed by atoms with van der Waals surface area (Å²) >= 11 is 7.84. The van der Waals surface area contributed by atoms with E-state index in [1.165, 1.54) is 17.4 Å². The minimum absolute atomic E-state index is 0.0107. The molecule has 0 spiro atoms. The Balaban J connectivity index is 1.74. The SMILES string of the molecule is C[C@]1(NC(=O)/C=C/c2sc3ccccc3c2Cl)CCS(=O)(=O)C1. The summed E-state index contributed by atoms with van der Waals surface area (Å²) in [4.78, 5) is 12.9. The second-order valence-corrected chi connectivity index (χ2v) is 9.65. The van der Waals surface area contributed by atoms with Gasteiger partial charge in [-0.1, -0.05) is 29.8 Å². The van der Waals surface area contributed by atoms with Crippen molar-refractivity contribution >= 4 is 54.8 Å². The van der Waals surface area contributed by atoms with Crippen LogP contribution in [0.1, 0.15) is 18.2 Å². The molecule has 0 aliphatic carbocycles. The van der Waals surface area contributed by atoms with E-state index in [0.717, 1.165) is 15.0 Å². The van der Waals surface area contributed by atoms with Crippen LogP contribution in [0.15, 0.2) is 30.3 Å². The first-order valence-corrected chi connectivity index (χ1v) is 10.2. The van der Waals surface area contributed by atoms with Gasteiger partial charge >= 0.3 is 0 Å². The molecule has 122 valence electrons. The van der Waals surface area contributed by atoms with Crippen molar-refractivity contribution in [3.63, 3.8) is 0 Å². The Morgan fingerprint density at radius 2 is 2.13 bits per heavy atom.